The summed E-state index contributed by atoms with van der Waals surface area (Å²) < 4.78 is 0. The molecule has 200 valence electrons. The van der Waals surface area contributed by atoms with Crippen molar-refractivity contribution >= 4 is 45.4 Å². The SMILES string of the molecule is C[C@@H]1CN(C(=O)c2nc(Nc3cc(C4CC4)[nH]n3)c3cc(-c4ccc(C5=CCCCC5)s4)ccc3n2)CCN1. The van der Waals surface area contributed by atoms with Crippen LogP contribution in [0.15, 0.2) is 42.5 Å². The molecule has 3 aliphatic rings. The van der Waals surface area contributed by atoms with Crippen LogP contribution in [-0.2, 0) is 0 Å². The molecule has 8 nitrogen and oxygen atoms in total. The van der Waals surface area contributed by atoms with Crippen LogP contribution in [0.25, 0.3) is 26.9 Å². The monoisotopic (exact) mass is 539 g/mol. The van der Waals surface area contributed by atoms with E-state index >= 15 is 0 Å². The number of aromatic nitrogens is 4. The number of anilines is 2. The highest BCUT2D eigenvalue weighted by Gasteiger charge is 2.27. The van der Waals surface area contributed by atoms with Crippen LogP contribution in [0.1, 0.15) is 72.6 Å². The van der Waals surface area contributed by atoms with Crippen molar-refractivity contribution in [1.82, 2.24) is 30.4 Å². The maximum atomic E-state index is 13.5. The fraction of sp³-hybridized carbons (Fsp3) is 0.400. The van der Waals surface area contributed by atoms with Crippen LogP contribution in [0.5, 0.6) is 0 Å². The molecule has 1 aromatic carbocycles. The number of nitrogens with one attached hydrogen (secondary N) is 3. The Kier molecular flexibility index (Phi) is 6.40. The van der Waals surface area contributed by atoms with E-state index in [4.69, 9.17) is 9.97 Å². The van der Waals surface area contributed by atoms with E-state index in [2.05, 4.69) is 64.2 Å². The number of carbonyl (C=O) groups is 1. The molecule has 1 saturated carbocycles. The number of allylic oxidation sites excluding steroid dienone is 2. The van der Waals surface area contributed by atoms with Crippen molar-refractivity contribution in [1.29, 1.82) is 0 Å². The zero-order valence-corrected chi connectivity index (χ0v) is 23.0. The second-order valence-corrected chi connectivity index (χ2v) is 12.1. The first kappa shape index (κ1) is 24.5. The minimum atomic E-state index is -0.137. The lowest BCUT2D eigenvalue weighted by Gasteiger charge is -2.31. The maximum Gasteiger partial charge on any atom is 0.291 e. The van der Waals surface area contributed by atoms with Gasteiger partial charge in [-0.15, -0.1) is 11.3 Å². The molecular formula is C30H33N7OS. The number of H-pyrrole nitrogens is 1. The number of benzene rings is 1. The highest BCUT2D eigenvalue weighted by Crippen LogP contribution is 2.40. The zero-order chi connectivity index (χ0) is 26.3. The summed E-state index contributed by atoms with van der Waals surface area (Å²) in [5, 5.41) is 15.3. The fourth-order valence-electron chi connectivity index (χ4n) is 5.58. The van der Waals surface area contributed by atoms with Crippen LogP contribution in [0.2, 0.25) is 0 Å². The second kappa shape index (κ2) is 10.2. The molecule has 1 aliphatic heterocycles. The van der Waals surface area contributed by atoms with E-state index in [1.165, 1.54) is 47.4 Å². The Hall–Kier alpha value is -3.56. The van der Waals surface area contributed by atoms with E-state index in [1.54, 1.807) is 0 Å². The standard InChI is InChI=1S/C30H33N7OS/c1-18-17-37(14-13-31-18)30(38)29-32-23-10-9-21(26-12-11-25(39-26)20-5-3-2-4-6-20)15-22(23)28(34-29)33-27-16-24(35-36-27)19-7-8-19/h5,9-12,15-16,18-19,31H,2-4,6-8,13-14,17H2,1H3,(H2,32,33,34,35,36)/t18-/m1/s1. The molecule has 0 radical (unpaired) electrons. The quantitative estimate of drug-likeness (QED) is 0.274. The van der Waals surface area contributed by atoms with Crippen LogP contribution in [0.4, 0.5) is 11.6 Å². The molecule has 0 bridgehead atoms. The number of rotatable bonds is 6. The Morgan fingerprint density at radius 1 is 1.10 bits per heavy atom. The van der Waals surface area contributed by atoms with Gasteiger partial charge in [0, 0.05) is 58.5 Å². The lowest BCUT2D eigenvalue weighted by atomic mass is 9.98. The molecule has 7 rings (SSSR count). The third-order valence-electron chi connectivity index (χ3n) is 7.90. The molecule has 0 unspecified atom stereocenters. The molecule has 1 saturated heterocycles. The average Bonchev–Trinajstić information content (AvgIpc) is 3.50. The molecule has 2 aliphatic carbocycles. The molecular weight excluding hydrogens is 506 g/mol. The molecule has 1 amide bonds. The lowest BCUT2D eigenvalue weighted by Crippen LogP contribution is -2.51. The van der Waals surface area contributed by atoms with E-state index in [-0.39, 0.29) is 17.8 Å². The van der Waals surface area contributed by atoms with Gasteiger partial charge in [-0.1, -0.05) is 12.1 Å². The predicted molar refractivity (Wildman–Crippen MR) is 157 cm³/mol. The molecule has 0 spiro atoms. The molecule has 4 heterocycles. The second-order valence-electron chi connectivity index (χ2n) is 11.0. The molecule has 2 fully saturated rings. The van der Waals surface area contributed by atoms with E-state index < -0.39 is 0 Å². The van der Waals surface area contributed by atoms with Crippen LogP contribution in [-0.4, -0.2) is 56.6 Å². The van der Waals surface area contributed by atoms with Crippen molar-refractivity contribution in [3.05, 3.63) is 58.9 Å². The van der Waals surface area contributed by atoms with Crippen LogP contribution < -0.4 is 10.6 Å². The van der Waals surface area contributed by atoms with Gasteiger partial charge in [0.25, 0.3) is 5.91 Å². The van der Waals surface area contributed by atoms with Gasteiger partial charge in [-0.3, -0.25) is 9.89 Å². The van der Waals surface area contributed by atoms with Crippen molar-refractivity contribution in [3.8, 4) is 10.4 Å². The molecule has 39 heavy (non-hydrogen) atoms. The van der Waals surface area contributed by atoms with Crippen molar-refractivity contribution in [2.75, 3.05) is 25.0 Å². The first-order valence-electron chi connectivity index (χ1n) is 14.1. The summed E-state index contributed by atoms with van der Waals surface area (Å²) in [5.41, 5.74) is 4.48. The minimum Gasteiger partial charge on any atom is -0.333 e. The summed E-state index contributed by atoms with van der Waals surface area (Å²) in [6.07, 6.45) is 9.69. The number of amides is 1. The van der Waals surface area contributed by atoms with Gasteiger partial charge in [-0.05, 0) is 80.9 Å². The van der Waals surface area contributed by atoms with Crippen molar-refractivity contribution in [3.63, 3.8) is 0 Å². The minimum absolute atomic E-state index is 0.137. The van der Waals surface area contributed by atoms with Gasteiger partial charge < -0.3 is 15.5 Å². The number of aromatic amines is 1. The summed E-state index contributed by atoms with van der Waals surface area (Å²) >= 11 is 1.84. The number of fused-ring (bicyclic) bond motifs is 1. The topological polar surface area (TPSA) is 98.8 Å². The average molecular weight is 540 g/mol. The van der Waals surface area contributed by atoms with Gasteiger partial charge in [-0.25, -0.2) is 9.97 Å². The molecule has 3 N–H and O–H groups in total. The van der Waals surface area contributed by atoms with Gasteiger partial charge in [0.05, 0.1) is 5.52 Å². The normalized spacial score (nSPS) is 19.8. The highest BCUT2D eigenvalue weighted by molar-refractivity contribution is 7.16. The number of piperazine rings is 1. The number of hydrogen-bond donors (Lipinski definition) is 3. The lowest BCUT2D eigenvalue weighted by molar-refractivity contribution is 0.0697. The third-order valence-corrected chi connectivity index (χ3v) is 9.11. The summed E-state index contributed by atoms with van der Waals surface area (Å²) in [6, 6.07) is 13.0. The van der Waals surface area contributed by atoms with Crippen molar-refractivity contribution in [2.24, 2.45) is 0 Å². The number of hydrogen-bond acceptors (Lipinski definition) is 7. The van der Waals surface area contributed by atoms with Crippen LogP contribution >= 0.6 is 11.3 Å². The van der Waals surface area contributed by atoms with Crippen LogP contribution in [0, 0.1) is 0 Å². The number of nitrogens with zero attached hydrogens (tertiary/aromatic N) is 4. The number of thiophene rings is 1. The van der Waals surface area contributed by atoms with Gasteiger partial charge in [0.15, 0.2) is 5.82 Å². The van der Waals surface area contributed by atoms with Gasteiger partial charge in [0.2, 0.25) is 5.82 Å². The van der Waals surface area contributed by atoms with E-state index in [0.29, 0.717) is 30.6 Å². The highest BCUT2D eigenvalue weighted by atomic mass is 32.1. The Balaban J connectivity index is 1.26. The third kappa shape index (κ3) is 5.08. The van der Waals surface area contributed by atoms with Crippen molar-refractivity contribution in [2.45, 2.75) is 57.4 Å². The van der Waals surface area contributed by atoms with Gasteiger partial charge in [-0.2, -0.15) is 5.10 Å². The predicted octanol–water partition coefficient (Wildman–Crippen LogP) is 6.09. The van der Waals surface area contributed by atoms with E-state index in [1.807, 2.05) is 22.3 Å². The summed E-state index contributed by atoms with van der Waals surface area (Å²) in [6.45, 7) is 4.15. The van der Waals surface area contributed by atoms with Gasteiger partial charge >= 0.3 is 0 Å². The molecule has 1 atom stereocenters. The molecule has 3 aromatic heterocycles. The Morgan fingerprint density at radius 2 is 2.00 bits per heavy atom. The number of carbonyl (C=O) groups excluding carboxylic acids is 1. The largest absolute Gasteiger partial charge is 0.333 e. The molecule has 4 aromatic rings. The van der Waals surface area contributed by atoms with E-state index in [0.717, 1.165) is 35.1 Å². The van der Waals surface area contributed by atoms with Crippen LogP contribution in [0.3, 0.4) is 0 Å². The summed E-state index contributed by atoms with van der Waals surface area (Å²) in [4.78, 5) is 27.4. The zero-order valence-electron chi connectivity index (χ0n) is 22.2. The fourth-order valence-corrected chi connectivity index (χ4v) is 6.65. The summed E-state index contributed by atoms with van der Waals surface area (Å²) in [5.74, 6) is 1.96. The maximum absolute atomic E-state index is 13.5. The van der Waals surface area contributed by atoms with E-state index in [9.17, 15) is 4.79 Å². The van der Waals surface area contributed by atoms with Gasteiger partial charge in [0.1, 0.15) is 5.82 Å². The summed E-state index contributed by atoms with van der Waals surface area (Å²) in [7, 11) is 0. The smallest absolute Gasteiger partial charge is 0.291 e. The first-order valence-corrected chi connectivity index (χ1v) is 14.9. The Bertz CT molecular complexity index is 1570. The Morgan fingerprint density at radius 3 is 2.82 bits per heavy atom. The Labute approximate surface area is 231 Å². The van der Waals surface area contributed by atoms with Crippen molar-refractivity contribution < 1.29 is 4.79 Å². The molecule has 9 heteroatoms. The first-order chi connectivity index (χ1) is 19.1.